The van der Waals surface area contributed by atoms with Gasteiger partial charge in [0.05, 0.1) is 11.9 Å². The Labute approximate surface area is 96.6 Å². The predicted octanol–water partition coefficient (Wildman–Crippen LogP) is 0.719. The first-order valence-corrected chi connectivity index (χ1v) is 5.78. The Morgan fingerprint density at radius 2 is 2.53 bits per heavy atom. The third-order valence-electron chi connectivity index (χ3n) is 1.87. The molecule has 0 unspecified atom stereocenters. The molecular formula is C8H12ClN3O2S. The normalized spacial score (nSPS) is 12.7. The summed E-state index contributed by atoms with van der Waals surface area (Å²) >= 11 is 7.22. The molecule has 1 aromatic rings. The number of carbonyl (C=O) groups is 1. The second-order valence-electron chi connectivity index (χ2n) is 3.02. The van der Waals surface area contributed by atoms with Crippen molar-refractivity contribution in [3.63, 3.8) is 0 Å². The van der Waals surface area contributed by atoms with Gasteiger partial charge >= 0.3 is 5.97 Å². The highest BCUT2D eigenvalue weighted by atomic mass is 35.5. The first-order valence-electron chi connectivity index (χ1n) is 4.24. The standard InChI is InChI=1S/C8H12ClN3O2S/c1-12-6(9)2-11-7(12)4-15-3-5(10)8(13)14/h2,5H,3-4,10H2,1H3,(H,13,14)/t5-/m0/s1. The van der Waals surface area contributed by atoms with Gasteiger partial charge in [0.2, 0.25) is 0 Å². The zero-order valence-electron chi connectivity index (χ0n) is 8.18. The lowest BCUT2D eigenvalue weighted by atomic mass is 10.4. The van der Waals surface area contributed by atoms with Gasteiger partial charge in [0.25, 0.3) is 0 Å². The molecule has 7 heteroatoms. The summed E-state index contributed by atoms with van der Waals surface area (Å²) in [5.74, 6) is 0.785. The smallest absolute Gasteiger partial charge is 0.321 e. The maximum Gasteiger partial charge on any atom is 0.321 e. The first-order chi connectivity index (χ1) is 7.02. The maximum absolute atomic E-state index is 10.4. The van der Waals surface area contributed by atoms with Crippen LogP contribution in [0.5, 0.6) is 0 Å². The maximum atomic E-state index is 10.4. The minimum absolute atomic E-state index is 0.361. The van der Waals surface area contributed by atoms with Crippen molar-refractivity contribution in [2.24, 2.45) is 12.8 Å². The van der Waals surface area contributed by atoms with E-state index >= 15 is 0 Å². The molecule has 1 heterocycles. The van der Waals surface area contributed by atoms with Gasteiger partial charge in [0, 0.05) is 12.8 Å². The quantitative estimate of drug-likeness (QED) is 0.804. The summed E-state index contributed by atoms with van der Waals surface area (Å²) in [6.07, 6.45) is 1.56. The minimum Gasteiger partial charge on any atom is -0.480 e. The molecule has 1 rings (SSSR count). The van der Waals surface area contributed by atoms with Gasteiger partial charge in [-0.2, -0.15) is 11.8 Å². The molecule has 0 saturated carbocycles. The Hall–Kier alpha value is -0.720. The summed E-state index contributed by atoms with van der Waals surface area (Å²) in [5.41, 5.74) is 5.35. The molecule has 1 aromatic heterocycles. The summed E-state index contributed by atoms with van der Waals surface area (Å²) < 4.78 is 1.75. The zero-order chi connectivity index (χ0) is 11.4. The van der Waals surface area contributed by atoms with Crippen LogP contribution in [0.2, 0.25) is 5.15 Å². The van der Waals surface area contributed by atoms with Crippen molar-refractivity contribution in [2.75, 3.05) is 5.75 Å². The highest BCUT2D eigenvalue weighted by Crippen LogP contribution is 2.15. The number of nitrogens with two attached hydrogens (primary N) is 1. The zero-order valence-corrected chi connectivity index (χ0v) is 9.75. The van der Waals surface area contributed by atoms with Gasteiger partial charge in [-0.15, -0.1) is 0 Å². The Morgan fingerprint density at radius 3 is 3.00 bits per heavy atom. The van der Waals surface area contributed by atoms with Crippen LogP contribution in [0.1, 0.15) is 5.82 Å². The van der Waals surface area contributed by atoms with E-state index in [1.165, 1.54) is 11.8 Å². The van der Waals surface area contributed by atoms with Crippen LogP contribution in [0.4, 0.5) is 0 Å². The van der Waals surface area contributed by atoms with Crippen LogP contribution in [0.25, 0.3) is 0 Å². The molecule has 0 aliphatic heterocycles. The van der Waals surface area contributed by atoms with E-state index in [1.807, 2.05) is 7.05 Å². The van der Waals surface area contributed by atoms with Gasteiger partial charge in [-0.3, -0.25) is 4.79 Å². The van der Waals surface area contributed by atoms with Crippen molar-refractivity contribution in [3.8, 4) is 0 Å². The second-order valence-corrected chi connectivity index (χ2v) is 4.43. The number of carboxylic acid groups (broad SMARTS) is 1. The van der Waals surface area contributed by atoms with E-state index in [4.69, 9.17) is 22.4 Å². The van der Waals surface area contributed by atoms with Gasteiger partial charge in [0.15, 0.2) is 0 Å². The van der Waals surface area contributed by atoms with Crippen molar-refractivity contribution in [1.29, 1.82) is 0 Å². The lowest BCUT2D eigenvalue weighted by molar-refractivity contribution is -0.137. The average Bonchev–Trinajstić information content (AvgIpc) is 2.49. The van der Waals surface area contributed by atoms with Crippen LogP contribution in [0.3, 0.4) is 0 Å². The molecule has 0 radical (unpaired) electrons. The molecule has 0 saturated heterocycles. The molecule has 0 fully saturated rings. The highest BCUT2D eigenvalue weighted by Gasteiger charge is 2.12. The van der Waals surface area contributed by atoms with Gasteiger partial charge in [0.1, 0.15) is 17.0 Å². The number of hydrogen-bond donors (Lipinski definition) is 2. The molecule has 0 bridgehead atoms. The minimum atomic E-state index is -0.986. The molecule has 0 aromatic carbocycles. The van der Waals surface area contributed by atoms with Crippen LogP contribution in [-0.4, -0.2) is 32.4 Å². The van der Waals surface area contributed by atoms with E-state index in [0.29, 0.717) is 16.7 Å². The molecule has 0 amide bonds. The molecule has 3 N–H and O–H groups in total. The lowest BCUT2D eigenvalue weighted by Crippen LogP contribution is -2.32. The van der Waals surface area contributed by atoms with Crippen LogP contribution >= 0.6 is 23.4 Å². The number of imidazole rings is 1. The summed E-state index contributed by atoms with van der Waals surface area (Å²) in [6, 6.07) is -0.828. The third-order valence-corrected chi connectivity index (χ3v) is 3.28. The van der Waals surface area contributed by atoms with E-state index in [9.17, 15) is 4.79 Å². The fourth-order valence-corrected chi connectivity index (χ4v) is 2.02. The van der Waals surface area contributed by atoms with Crippen molar-refractivity contribution in [2.45, 2.75) is 11.8 Å². The van der Waals surface area contributed by atoms with Crippen molar-refractivity contribution >= 4 is 29.3 Å². The Morgan fingerprint density at radius 1 is 1.87 bits per heavy atom. The molecule has 0 spiro atoms. The number of carboxylic acids is 1. The number of aromatic nitrogens is 2. The number of rotatable bonds is 5. The molecular weight excluding hydrogens is 238 g/mol. The summed E-state index contributed by atoms with van der Waals surface area (Å²) in [4.78, 5) is 14.5. The molecule has 15 heavy (non-hydrogen) atoms. The van der Waals surface area contributed by atoms with Crippen LogP contribution < -0.4 is 5.73 Å². The van der Waals surface area contributed by atoms with Gasteiger partial charge in [-0.1, -0.05) is 11.6 Å². The Bertz CT molecular complexity index is 356. The van der Waals surface area contributed by atoms with Gasteiger partial charge in [-0.25, -0.2) is 4.98 Å². The number of halogens is 1. The van der Waals surface area contributed by atoms with E-state index in [-0.39, 0.29) is 0 Å². The van der Waals surface area contributed by atoms with E-state index < -0.39 is 12.0 Å². The fourth-order valence-electron chi connectivity index (χ4n) is 0.907. The fraction of sp³-hybridized carbons (Fsp3) is 0.500. The van der Waals surface area contributed by atoms with E-state index in [2.05, 4.69) is 4.98 Å². The van der Waals surface area contributed by atoms with E-state index in [1.54, 1.807) is 10.8 Å². The monoisotopic (exact) mass is 249 g/mol. The van der Waals surface area contributed by atoms with Crippen molar-refractivity contribution in [3.05, 3.63) is 17.2 Å². The van der Waals surface area contributed by atoms with E-state index in [0.717, 1.165) is 5.82 Å². The molecule has 84 valence electrons. The number of aliphatic carboxylic acids is 1. The van der Waals surface area contributed by atoms with Crippen LogP contribution in [0.15, 0.2) is 6.20 Å². The third kappa shape index (κ3) is 3.40. The van der Waals surface area contributed by atoms with Crippen LogP contribution in [-0.2, 0) is 17.6 Å². The topological polar surface area (TPSA) is 81.1 Å². The summed E-state index contributed by atoms with van der Waals surface area (Å²) in [7, 11) is 1.81. The lowest BCUT2D eigenvalue weighted by Gasteiger charge is -2.05. The predicted molar refractivity (Wildman–Crippen MR) is 60.0 cm³/mol. The summed E-state index contributed by atoms with van der Waals surface area (Å²) in [6.45, 7) is 0. The molecule has 1 atom stereocenters. The summed E-state index contributed by atoms with van der Waals surface area (Å²) in [5, 5.41) is 9.12. The molecule has 0 aliphatic rings. The SMILES string of the molecule is Cn1c(Cl)cnc1CSC[C@H](N)C(=O)O. The highest BCUT2D eigenvalue weighted by molar-refractivity contribution is 7.98. The number of nitrogens with zero attached hydrogens (tertiary/aromatic N) is 2. The average molecular weight is 250 g/mol. The number of hydrogen-bond acceptors (Lipinski definition) is 4. The van der Waals surface area contributed by atoms with Gasteiger partial charge in [-0.05, 0) is 0 Å². The first kappa shape index (κ1) is 12.4. The molecule has 5 nitrogen and oxygen atoms in total. The Balaban J connectivity index is 2.38. The number of thioether (sulfide) groups is 1. The Kier molecular flexibility index (Phi) is 4.44. The van der Waals surface area contributed by atoms with Gasteiger partial charge < -0.3 is 15.4 Å². The van der Waals surface area contributed by atoms with Crippen molar-refractivity contribution < 1.29 is 9.90 Å². The van der Waals surface area contributed by atoms with Crippen LogP contribution in [0, 0.1) is 0 Å². The largest absolute Gasteiger partial charge is 0.480 e. The van der Waals surface area contributed by atoms with Crippen molar-refractivity contribution in [1.82, 2.24) is 9.55 Å². The molecule has 0 aliphatic carbocycles. The second kappa shape index (κ2) is 5.39.